The van der Waals surface area contributed by atoms with Gasteiger partial charge in [-0.3, -0.25) is 0 Å². The Hall–Kier alpha value is -2.91. The summed E-state index contributed by atoms with van der Waals surface area (Å²) in [5.41, 5.74) is 0.845. The average Bonchev–Trinajstić information content (AvgIpc) is 2.90. The number of rotatable bonds is 18. The second-order valence-corrected chi connectivity index (χ2v) is 9.55. The van der Waals surface area contributed by atoms with Crippen molar-refractivity contribution >= 4 is 23.8 Å². The van der Waals surface area contributed by atoms with Crippen LogP contribution in [0, 0.1) is 0 Å². The van der Waals surface area contributed by atoms with E-state index in [0.29, 0.717) is 43.6 Å². The summed E-state index contributed by atoms with van der Waals surface area (Å²) in [5, 5.41) is 9.27. The molecule has 2 aromatic rings. The molecule has 0 saturated heterocycles. The number of carboxylic acid groups (broad SMARTS) is 1. The highest BCUT2D eigenvalue weighted by Crippen LogP contribution is 2.19. The molecule has 0 aliphatic carbocycles. The van der Waals surface area contributed by atoms with Gasteiger partial charge in [0.05, 0.1) is 13.7 Å². The maximum absolute atomic E-state index is 12.9. The van der Waals surface area contributed by atoms with E-state index in [1.807, 2.05) is 23.9 Å². The third-order valence-corrected chi connectivity index (χ3v) is 6.59. The predicted molar refractivity (Wildman–Crippen MR) is 146 cm³/mol. The first-order valence-corrected chi connectivity index (χ1v) is 13.9. The SMILES string of the molecule is CCCCCSCCN(CCOc1ccc(CC(OCC)C(=O)O)cc1)C(=O)Oc1ccc(OC)cc1. The molecule has 2 rings (SSSR count). The van der Waals surface area contributed by atoms with Crippen molar-refractivity contribution in [1.29, 1.82) is 0 Å². The quantitative estimate of drug-likeness (QED) is 0.250. The fourth-order valence-electron chi connectivity index (χ4n) is 3.46. The normalized spacial score (nSPS) is 11.5. The molecule has 0 saturated carbocycles. The first-order chi connectivity index (χ1) is 18.0. The number of carboxylic acids is 1. The lowest BCUT2D eigenvalue weighted by Crippen LogP contribution is -2.38. The first-order valence-electron chi connectivity index (χ1n) is 12.7. The fourth-order valence-corrected chi connectivity index (χ4v) is 4.42. The minimum Gasteiger partial charge on any atom is -0.497 e. The maximum atomic E-state index is 12.9. The van der Waals surface area contributed by atoms with E-state index in [1.165, 1.54) is 19.3 Å². The highest BCUT2D eigenvalue weighted by molar-refractivity contribution is 7.99. The molecule has 0 radical (unpaired) electrons. The van der Waals surface area contributed by atoms with E-state index < -0.39 is 18.2 Å². The van der Waals surface area contributed by atoms with E-state index in [0.717, 1.165) is 17.1 Å². The van der Waals surface area contributed by atoms with E-state index in [-0.39, 0.29) is 6.42 Å². The highest BCUT2D eigenvalue weighted by atomic mass is 32.2. The Labute approximate surface area is 224 Å². The molecule has 1 amide bonds. The van der Waals surface area contributed by atoms with Gasteiger partial charge in [-0.15, -0.1) is 0 Å². The number of carbonyl (C=O) groups is 2. The van der Waals surface area contributed by atoms with E-state index in [4.69, 9.17) is 18.9 Å². The Bertz CT molecular complexity index is 921. The standard InChI is InChI=1S/C28H39NO7S/c1-4-6-7-19-37-20-17-29(28(32)36-25-14-12-23(33-3)13-15-25)16-18-35-24-10-8-22(9-11-24)21-26(27(30)31)34-5-2/h8-15,26H,4-7,16-21H2,1-3H3,(H,30,31). The van der Waals surface area contributed by atoms with Gasteiger partial charge in [0.2, 0.25) is 0 Å². The predicted octanol–water partition coefficient (Wildman–Crippen LogP) is 5.53. The van der Waals surface area contributed by atoms with Gasteiger partial charge in [0.25, 0.3) is 0 Å². The molecule has 1 atom stereocenters. The molecule has 0 heterocycles. The minimum atomic E-state index is -0.979. The minimum absolute atomic E-state index is 0.282. The Morgan fingerprint density at radius 3 is 2.22 bits per heavy atom. The summed E-state index contributed by atoms with van der Waals surface area (Å²) in [6.07, 6.45) is 2.56. The van der Waals surface area contributed by atoms with Crippen molar-refractivity contribution in [2.24, 2.45) is 0 Å². The van der Waals surface area contributed by atoms with Crippen LogP contribution in [0.2, 0.25) is 0 Å². The van der Waals surface area contributed by atoms with Crippen LogP contribution < -0.4 is 14.2 Å². The van der Waals surface area contributed by atoms with Crippen LogP contribution in [0.1, 0.15) is 38.7 Å². The number of amides is 1. The average molecular weight is 534 g/mol. The molecule has 1 unspecified atom stereocenters. The molecule has 0 aliphatic rings. The number of benzene rings is 2. The Morgan fingerprint density at radius 2 is 1.59 bits per heavy atom. The summed E-state index contributed by atoms with van der Waals surface area (Å²) in [4.78, 5) is 25.8. The summed E-state index contributed by atoms with van der Waals surface area (Å²) < 4.78 is 21.9. The third-order valence-electron chi connectivity index (χ3n) is 5.54. The summed E-state index contributed by atoms with van der Waals surface area (Å²) in [5.74, 6) is 2.70. The van der Waals surface area contributed by atoms with Gasteiger partial charge in [0.15, 0.2) is 6.10 Å². The number of hydrogen-bond acceptors (Lipinski definition) is 7. The van der Waals surface area contributed by atoms with E-state index in [1.54, 1.807) is 55.3 Å². The highest BCUT2D eigenvalue weighted by Gasteiger charge is 2.18. The van der Waals surface area contributed by atoms with Crippen molar-refractivity contribution in [3.63, 3.8) is 0 Å². The van der Waals surface area contributed by atoms with Gasteiger partial charge < -0.3 is 29.0 Å². The van der Waals surface area contributed by atoms with Crippen LogP contribution in [0.4, 0.5) is 4.79 Å². The lowest BCUT2D eigenvalue weighted by molar-refractivity contribution is -0.149. The van der Waals surface area contributed by atoms with Crippen molar-refractivity contribution < 1.29 is 33.6 Å². The first kappa shape index (κ1) is 30.3. The van der Waals surface area contributed by atoms with Gasteiger partial charge in [0, 0.05) is 25.3 Å². The number of aliphatic carboxylic acids is 1. The van der Waals surface area contributed by atoms with Crippen LogP contribution in [0.15, 0.2) is 48.5 Å². The van der Waals surface area contributed by atoms with Gasteiger partial charge >= 0.3 is 12.1 Å². The zero-order chi connectivity index (χ0) is 26.9. The van der Waals surface area contributed by atoms with Crippen molar-refractivity contribution in [3.8, 4) is 17.2 Å². The molecule has 2 aromatic carbocycles. The lowest BCUT2D eigenvalue weighted by atomic mass is 10.1. The van der Waals surface area contributed by atoms with Crippen LogP contribution in [-0.2, 0) is 16.0 Å². The Kier molecular flexibility index (Phi) is 14.4. The number of hydrogen-bond donors (Lipinski definition) is 1. The molecular formula is C28H39NO7S. The second kappa shape index (κ2) is 17.5. The molecule has 1 N–H and O–H groups in total. The number of thioether (sulfide) groups is 1. The lowest BCUT2D eigenvalue weighted by Gasteiger charge is -2.22. The van der Waals surface area contributed by atoms with Crippen molar-refractivity contribution in [2.45, 2.75) is 45.6 Å². The smallest absolute Gasteiger partial charge is 0.415 e. The van der Waals surface area contributed by atoms with E-state index in [9.17, 15) is 14.7 Å². The van der Waals surface area contributed by atoms with Crippen molar-refractivity contribution in [1.82, 2.24) is 4.90 Å². The molecule has 0 spiro atoms. The topological polar surface area (TPSA) is 94.5 Å². The Balaban J connectivity index is 1.90. The maximum Gasteiger partial charge on any atom is 0.415 e. The van der Waals surface area contributed by atoms with Crippen molar-refractivity contribution in [2.75, 3.05) is 44.9 Å². The van der Waals surface area contributed by atoms with Crippen LogP contribution in [0.5, 0.6) is 17.2 Å². The third kappa shape index (κ3) is 11.8. The molecule has 0 bridgehead atoms. The molecule has 0 aliphatic heterocycles. The summed E-state index contributed by atoms with van der Waals surface area (Å²) in [6.45, 7) is 5.53. The van der Waals surface area contributed by atoms with Crippen molar-refractivity contribution in [3.05, 3.63) is 54.1 Å². The molecular weight excluding hydrogens is 494 g/mol. The fraction of sp³-hybridized carbons (Fsp3) is 0.500. The molecule has 204 valence electrons. The number of ether oxygens (including phenoxy) is 4. The second-order valence-electron chi connectivity index (χ2n) is 8.33. The number of nitrogens with zero attached hydrogens (tertiary/aromatic N) is 1. The molecule has 0 aromatic heterocycles. The molecule has 37 heavy (non-hydrogen) atoms. The van der Waals surface area contributed by atoms with Crippen LogP contribution in [0.25, 0.3) is 0 Å². The van der Waals surface area contributed by atoms with Gasteiger partial charge in [-0.25, -0.2) is 9.59 Å². The summed E-state index contributed by atoms with van der Waals surface area (Å²) >= 11 is 1.83. The summed E-state index contributed by atoms with van der Waals surface area (Å²) in [7, 11) is 1.59. The molecule has 0 fully saturated rings. The molecule has 9 heteroatoms. The van der Waals surface area contributed by atoms with Gasteiger partial charge in [-0.2, -0.15) is 11.8 Å². The molecule has 8 nitrogen and oxygen atoms in total. The van der Waals surface area contributed by atoms with Gasteiger partial charge in [0.1, 0.15) is 23.9 Å². The van der Waals surface area contributed by atoms with Crippen LogP contribution >= 0.6 is 11.8 Å². The number of unbranched alkanes of at least 4 members (excludes halogenated alkanes) is 2. The summed E-state index contributed by atoms with van der Waals surface area (Å²) in [6, 6.07) is 14.1. The number of methoxy groups -OCH3 is 1. The largest absolute Gasteiger partial charge is 0.497 e. The van der Waals surface area contributed by atoms with Gasteiger partial charge in [-0.05, 0) is 61.1 Å². The van der Waals surface area contributed by atoms with E-state index >= 15 is 0 Å². The zero-order valence-corrected chi connectivity index (χ0v) is 22.8. The monoisotopic (exact) mass is 533 g/mol. The zero-order valence-electron chi connectivity index (χ0n) is 22.0. The van der Waals surface area contributed by atoms with Gasteiger partial charge in [-0.1, -0.05) is 31.9 Å². The van der Waals surface area contributed by atoms with Crippen LogP contribution in [0.3, 0.4) is 0 Å². The van der Waals surface area contributed by atoms with Crippen LogP contribution in [-0.4, -0.2) is 73.1 Å². The number of carbonyl (C=O) groups excluding carboxylic acids is 1. The van der Waals surface area contributed by atoms with E-state index in [2.05, 4.69) is 6.92 Å². The Morgan fingerprint density at radius 1 is 0.919 bits per heavy atom.